The molecule has 0 radical (unpaired) electrons. The van der Waals surface area contributed by atoms with Crippen LogP contribution in [0.2, 0.25) is 0 Å². The van der Waals surface area contributed by atoms with Crippen LogP contribution in [0.15, 0.2) is 48.5 Å². The first-order chi connectivity index (χ1) is 8.70. The predicted molar refractivity (Wildman–Crippen MR) is 77.0 cm³/mol. The molecule has 3 rings (SSSR count). The molecule has 0 saturated heterocycles. The molecule has 0 fully saturated rings. The maximum atomic E-state index is 2.39. The van der Waals surface area contributed by atoms with E-state index in [-0.39, 0.29) is 0 Å². The van der Waals surface area contributed by atoms with Gasteiger partial charge in [-0.05, 0) is 41.0 Å². The average Bonchev–Trinajstić information content (AvgIpc) is 2.64. The molecule has 2 aromatic rings. The minimum absolute atomic E-state index is 0.566. The third-order valence-corrected chi connectivity index (χ3v) is 4.62. The van der Waals surface area contributed by atoms with Gasteiger partial charge in [-0.1, -0.05) is 62.4 Å². The molecule has 0 aromatic heterocycles. The summed E-state index contributed by atoms with van der Waals surface area (Å²) < 4.78 is 0. The third-order valence-electron chi connectivity index (χ3n) is 4.62. The van der Waals surface area contributed by atoms with Crippen LogP contribution in [0.5, 0.6) is 0 Å². The van der Waals surface area contributed by atoms with Gasteiger partial charge in [-0.3, -0.25) is 0 Å². The third kappa shape index (κ3) is 1.59. The summed E-state index contributed by atoms with van der Waals surface area (Å²) in [7, 11) is 0. The second-order valence-corrected chi connectivity index (χ2v) is 5.61. The molecule has 0 N–H and O–H groups in total. The van der Waals surface area contributed by atoms with E-state index in [1.165, 1.54) is 11.1 Å². The van der Waals surface area contributed by atoms with Gasteiger partial charge < -0.3 is 0 Å². The summed E-state index contributed by atoms with van der Waals surface area (Å²) in [6, 6.07) is 17.7. The molecule has 0 aliphatic heterocycles. The van der Waals surface area contributed by atoms with Crippen LogP contribution in [0.25, 0.3) is 0 Å². The topological polar surface area (TPSA) is 0 Å². The van der Waals surface area contributed by atoms with Gasteiger partial charge in [0.05, 0.1) is 0 Å². The zero-order chi connectivity index (χ0) is 12.7. The van der Waals surface area contributed by atoms with Gasteiger partial charge in [0.15, 0.2) is 0 Å². The van der Waals surface area contributed by atoms with Gasteiger partial charge in [0.25, 0.3) is 0 Å². The van der Waals surface area contributed by atoms with Crippen LogP contribution < -0.4 is 0 Å². The molecule has 1 aliphatic carbocycles. The van der Waals surface area contributed by atoms with Gasteiger partial charge in [-0.2, -0.15) is 0 Å². The molecular formula is C18H20. The van der Waals surface area contributed by atoms with E-state index >= 15 is 0 Å². The molecule has 0 bridgehead atoms. The van der Waals surface area contributed by atoms with E-state index in [4.69, 9.17) is 0 Å². The number of fused-ring (bicyclic) bond motifs is 1. The largest absolute Gasteiger partial charge is 0.0622 e. The monoisotopic (exact) mass is 236 g/mol. The number of hydrogen-bond donors (Lipinski definition) is 0. The van der Waals surface area contributed by atoms with E-state index in [1.54, 1.807) is 11.1 Å². The summed E-state index contributed by atoms with van der Waals surface area (Å²) in [6.45, 7) is 7.01. The fraction of sp³-hybridized carbons (Fsp3) is 0.333. The van der Waals surface area contributed by atoms with Crippen LogP contribution in [0.3, 0.4) is 0 Å². The lowest BCUT2D eigenvalue weighted by Crippen LogP contribution is -2.07. The Bertz CT molecular complexity index is 554. The van der Waals surface area contributed by atoms with Crippen molar-refractivity contribution in [1.29, 1.82) is 0 Å². The number of rotatable bonds is 1. The van der Waals surface area contributed by atoms with Crippen molar-refractivity contribution in [2.75, 3.05) is 0 Å². The SMILES string of the molecule is Cc1cccc2c1C(C)C(C)C2c1ccccc1. The maximum absolute atomic E-state index is 2.39. The van der Waals surface area contributed by atoms with Gasteiger partial charge >= 0.3 is 0 Å². The zero-order valence-electron chi connectivity index (χ0n) is 11.4. The predicted octanol–water partition coefficient (Wildman–Crippen LogP) is 4.88. The van der Waals surface area contributed by atoms with Crippen LogP contribution in [0.4, 0.5) is 0 Å². The van der Waals surface area contributed by atoms with E-state index in [2.05, 4.69) is 69.3 Å². The first-order valence-electron chi connectivity index (χ1n) is 6.84. The van der Waals surface area contributed by atoms with Crippen LogP contribution in [-0.4, -0.2) is 0 Å². The second kappa shape index (κ2) is 4.28. The molecule has 0 heterocycles. The maximum Gasteiger partial charge on any atom is 0.0124 e. The van der Waals surface area contributed by atoms with Crippen LogP contribution in [0.1, 0.15) is 47.9 Å². The molecule has 0 heteroatoms. The average molecular weight is 236 g/mol. The standard InChI is InChI=1S/C18H20/c1-12-8-7-11-16-17(12)13(2)14(3)18(16)15-9-5-4-6-10-15/h4-11,13-14,18H,1-3H3. The number of aryl methyl sites for hydroxylation is 1. The summed E-state index contributed by atoms with van der Waals surface area (Å²) in [6.07, 6.45) is 0. The fourth-order valence-electron chi connectivity index (χ4n) is 3.57. The number of benzene rings is 2. The lowest BCUT2D eigenvalue weighted by molar-refractivity contribution is 0.482. The van der Waals surface area contributed by atoms with Gasteiger partial charge in [-0.15, -0.1) is 0 Å². The highest BCUT2D eigenvalue weighted by atomic mass is 14.4. The molecule has 0 saturated carbocycles. The van der Waals surface area contributed by atoms with Gasteiger partial charge in [0, 0.05) is 5.92 Å². The second-order valence-electron chi connectivity index (χ2n) is 5.61. The minimum Gasteiger partial charge on any atom is -0.0622 e. The van der Waals surface area contributed by atoms with Crippen LogP contribution >= 0.6 is 0 Å². The molecule has 18 heavy (non-hydrogen) atoms. The van der Waals surface area contributed by atoms with Crippen molar-refractivity contribution in [2.24, 2.45) is 5.92 Å². The van der Waals surface area contributed by atoms with Crippen LogP contribution in [0, 0.1) is 12.8 Å². The smallest absolute Gasteiger partial charge is 0.0124 e. The first kappa shape index (κ1) is 11.5. The zero-order valence-corrected chi connectivity index (χ0v) is 11.4. The Morgan fingerprint density at radius 2 is 1.56 bits per heavy atom. The highest BCUT2D eigenvalue weighted by Crippen LogP contribution is 2.50. The number of hydrogen-bond acceptors (Lipinski definition) is 0. The Hall–Kier alpha value is -1.56. The van der Waals surface area contributed by atoms with Crippen molar-refractivity contribution >= 4 is 0 Å². The van der Waals surface area contributed by atoms with Crippen molar-refractivity contribution in [2.45, 2.75) is 32.6 Å². The normalized spacial score (nSPS) is 26.1. The van der Waals surface area contributed by atoms with Crippen molar-refractivity contribution in [3.63, 3.8) is 0 Å². The fourth-order valence-corrected chi connectivity index (χ4v) is 3.57. The Morgan fingerprint density at radius 1 is 0.833 bits per heavy atom. The van der Waals surface area contributed by atoms with E-state index in [0.29, 0.717) is 17.8 Å². The van der Waals surface area contributed by atoms with Crippen molar-refractivity contribution in [3.8, 4) is 0 Å². The molecular weight excluding hydrogens is 216 g/mol. The molecule has 3 atom stereocenters. The van der Waals surface area contributed by atoms with Gasteiger partial charge in [0.1, 0.15) is 0 Å². The van der Waals surface area contributed by atoms with Gasteiger partial charge in [0.2, 0.25) is 0 Å². The molecule has 2 aromatic carbocycles. The summed E-state index contributed by atoms with van der Waals surface area (Å²) in [4.78, 5) is 0. The van der Waals surface area contributed by atoms with E-state index in [9.17, 15) is 0 Å². The molecule has 3 unspecified atom stereocenters. The van der Waals surface area contributed by atoms with E-state index < -0.39 is 0 Å². The Balaban J connectivity index is 2.17. The van der Waals surface area contributed by atoms with Gasteiger partial charge in [-0.25, -0.2) is 0 Å². The first-order valence-corrected chi connectivity index (χ1v) is 6.84. The van der Waals surface area contributed by atoms with Crippen molar-refractivity contribution in [3.05, 3.63) is 70.8 Å². The highest BCUT2D eigenvalue weighted by molar-refractivity contribution is 5.49. The Labute approximate surface area is 110 Å². The molecule has 0 amide bonds. The molecule has 0 nitrogen and oxygen atoms in total. The minimum atomic E-state index is 0.566. The molecule has 92 valence electrons. The summed E-state index contributed by atoms with van der Waals surface area (Å²) >= 11 is 0. The van der Waals surface area contributed by atoms with E-state index in [0.717, 1.165) is 0 Å². The van der Waals surface area contributed by atoms with Crippen molar-refractivity contribution in [1.82, 2.24) is 0 Å². The lowest BCUT2D eigenvalue weighted by atomic mass is 9.84. The molecule has 0 spiro atoms. The van der Waals surface area contributed by atoms with Crippen molar-refractivity contribution < 1.29 is 0 Å². The Morgan fingerprint density at radius 3 is 2.28 bits per heavy atom. The molecule has 1 aliphatic rings. The van der Waals surface area contributed by atoms with Crippen LogP contribution in [-0.2, 0) is 0 Å². The highest BCUT2D eigenvalue weighted by Gasteiger charge is 2.36. The van der Waals surface area contributed by atoms with E-state index in [1.807, 2.05) is 0 Å². The Kier molecular flexibility index (Phi) is 2.74. The summed E-state index contributed by atoms with van der Waals surface area (Å²) in [5.74, 6) is 1.91. The quantitative estimate of drug-likeness (QED) is 0.662. The lowest BCUT2D eigenvalue weighted by Gasteiger charge is -2.19. The summed E-state index contributed by atoms with van der Waals surface area (Å²) in [5.41, 5.74) is 6.03. The summed E-state index contributed by atoms with van der Waals surface area (Å²) in [5, 5.41) is 0.